The molecule has 1 amide bonds. The lowest BCUT2D eigenvalue weighted by molar-refractivity contribution is -0.139. The van der Waals surface area contributed by atoms with Gasteiger partial charge in [0.05, 0.1) is 6.61 Å². The number of hydrogen-bond donors (Lipinski definition) is 1. The van der Waals surface area contributed by atoms with Gasteiger partial charge in [0, 0.05) is 19.0 Å². The maximum atomic E-state index is 12.3. The fourth-order valence-corrected chi connectivity index (χ4v) is 1.87. The van der Waals surface area contributed by atoms with Crippen molar-refractivity contribution in [1.29, 1.82) is 0 Å². The molecular weight excluding hydrogens is 254 g/mol. The minimum atomic E-state index is -0.321. The summed E-state index contributed by atoms with van der Waals surface area (Å²) in [5, 5.41) is 8.69. The van der Waals surface area contributed by atoms with Crippen molar-refractivity contribution in [3.8, 4) is 5.75 Å². The number of carbonyl (C=O) groups excluding carboxylic acids is 1. The van der Waals surface area contributed by atoms with Gasteiger partial charge in [-0.1, -0.05) is 32.9 Å². The summed E-state index contributed by atoms with van der Waals surface area (Å²) in [5.74, 6) is 0.881. The lowest BCUT2D eigenvalue weighted by Gasteiger charge is -2.28. The van der Waals surface area contributed by atoms with E-state index < -0.39 is 0 Å². The van der Waals surface area contributed by atoms with Gasteiger partial charge in [-0.3, -0.25) is 4.79 Å². The van der Waals surface area contributed by atoms with E-state index in [1.54, 1.807) is 4.90 Å². The second kappa shape index (κ2) is 7.29. The molecule has 0 unspecified atom stereocenters. The summed E-state index contributed by atoms with van der Waals surface area (Å²) in [6, 6.07) is 7.59. The molecular formula is C16H25NO3. The molecule has 0 saturated carbocycles. The van der Waals surface area contributed by atoms with E-state index in [-0.39, 0.29) is 17.9 Å². The highest BCUT2D eigenvalue weighted by Gasteiger charge is 2.28. The molecule has 0 saturated heterocycles. The van der Waals surface area contributed by atoms with Crippen LogP contribution in [0.1, 0.15) is 32.8 Å². The second-order valence-electron chi connectivity index (χ2n) is 5.61. The zero-order valence-electron chi connectivity index (χ0n) is 12.8. The number of aliphatic hydroxyl groups is 1. The standard InChI is InChI=1S/C16H25NO3/c1-5-16(2,3)15(19)17(4)12-13-6-8-14(9-7-13)20-11-10-18/h6-9,18H,5,10-12H2,1-4H3. The van der Waals surface area contributed by atoms with E-state index in [0.29, 0.717) is 13.2 Å². The minimum absolute atomic E-state index is 0.00505. The van der Waals surface area contributed by atoms with Crippen molar-refractivity contribution in [1.82, 2.24) is 4.90 Å². The summed E-state index contributed by atoms with van der Waals surface area (Å²) >= 11 is 0. The van der Waals surface area contributed by atoms with E-state index in [2.05, 4.69) is 0 Å². The van der Waals surface area contributed by atoms with Gasteiger partial charge in [-0.25, -0.2) is 0 Å². The predicted octanol–water partition coefficient (Wildman–Crippen LogP) is 2.45. The van der Waals surface area contributed by atoms with Crippen molar-refractivity contribution in [2.24, 2.45) is 5.41 Å². The molecule has 0 aliphatic rings. The van der Waals surface area contributed by atoms with Crippen LogP contribution in [-0.2, 0) is 11.3 Å². The summed E-state index contributed by atoms with van der Waals surface area (Å²) in [5.41, 5.74) is 0.739. The van der Waals surface area contributed by atoms with Crippen molar-refractivity contribution in [2.75, 3.05) is 20.3 Å². The number of amides is 1. The lowest BCUT2D eigenvalue weighted by atomic mass is 9.88. The Morgan fingerprint density at radius 2 is 1.90 bits per heavy atom. The fraction of sp³-hybridized carbons (Fsp3) is 0.562. The van der Waals surface area contributed by atoms with Crippen LogP contribution < -0.4 is 4.74 Å². The first kappa shape index (κ1) is 16.5. The Labute approximate surface area is 121 Å². The van der Waals surface area contributed by atoms with Crippen LogP contribution in [0, 0.1) is 5.41 Å². The SMILES string of the molecule is CCC(C)(C)C(=O)N(C)Cc1ccc(OCCO)cc1. The predicted molar refractivity (Wildman–Crippen MR) is 79.6 cm³/mol. The van der Waals surface area contributed by atoms with E-state index in [9.17, 15) is 4.79 Å². The van der Waals surface area contributed by atoms with Gasteiger partial charge < -0.3 is 14.7 Å². The number of rotatable bonds is 7. The summed E-state index contributed by atoms with van der Waals surface area (Å²) in [4.78, 5) is 14.0. The highest BCUT2D eigenvalue weighted by Crippen LogP contribution is 2.23. The molecule has 112 valence electrons. The number of benzene rings is 1. The second-order valence-corrected chi connectivity index (χ2v) is 5.61. The topological polar surface area (TPSA) is 49.8 Å². The van der Waals surface area contributed by atoms with Gasteiger partial charge >= 0.3 is 0 Å². The van der Waals surface area contributed by atoms with Crippen LogP contribution in [0.25, 0.3) is 0 Å². The first-order valence-electron chi connectivity index (χ1n) is 6.99. The summed E-state index contributed by atoms with van der Waals surface area (Å²) < 4.78 is 5.30. The van der Waals surface area contributed by atoms with Crippen LogP contribution in [0.3, 0.4) is 0 Å². The van der Waals surface area contributed by atoms with Crippen LogP contribution in [0.4, 0.5) is 0 Å². The third kappa shape index (κ3) is 4.53. The number of ether oxygens (including phenoxy) is 1. The highest BCUT2D eigenvalue weighted by molar-refractivity contribution is 5.81. The molecule has 0 radical (unpaired) electrons. The molecule has 1 aromatic carbocycles. The average molecular weight is 279 g/mol. The van der Waals surface area contributed by atoms with Crippen LogP contribution in [0.15, 0.2) is 24.3 Å². The van der Waals surface area contributed by atoms with E-state index >= 15 is 0 Å². The molecule has 0 bridgehead atoms. The molecule has 1 rings (SSSR count). The van der Waals surface area contributed by atoms with Gasteiger partial charge in [-0.15, -0.1) is 0 Å². The first-order valence-corrected chi connectivity index (χ1v) is 6.99. The van der Waals surface area contributed by atoms with E-state index in [1.807, 2.05) is 52.1 Å². The Hall–Kier alpha value is -1.55. The average Bonchev–Trinajstić information content (AvgIpc) is 2.45. The molecule has 0 aliphatic heterocycles. The lowest BCUT2D eigenvalue weighted by Crippen LogP contribution is -2.37. The van der Waals surface area contributed by atoms with E-state index in [1.165, 1.54) is 0 Å². The maximum absolute atomic E-state index is 12.3. The van der Waals surface area contributed by atoms with Crippen molar-refractivity contribution < 1.29 is 14.6 Å². The van der Waals surface area contributed by atoms with Crippen LogP contribution >= 0.6 is 0 Å². The Balaban J connectivity index is 2.62. The van der Waals surface area contributed by atoms with E-state index in [4.69, 9.17) is 9.84 Å². The van der Waals surface area contributed by atoms with Crippen LogP contribution in [-0.4, -0.2) is 36.2 Å². The van der Waals surface area contributed by atoms with Crippen molar-refractivity contribution in [3.05, 3.63) is 29.8 Å². The van der Waals surface area contributed by atoms with Gasteiger partial charge in [0.2, 0.25) is 5.91 Å². The fourth-order valence-electron chi connectivity index (χ4n) is 1.87. The molecule has 1 N–H and O–H groups in total. The monoisotopic (exact) mass is 279 g/mol. The van der Waals surface area contributed by atoms with Crippen molar-refractivity contribution in [3.63, 3.8) is 0 Å². The molecule has 20 heavy (non-hydrogen) atoms. The molecule has 0 atom stereocenters. The Kier molecular flexibility index (Phi) is 6.02. The minimum Gasteiger partial charge on any atom is -0.491 e. The van der Waals surface area contributed by atoms with Crippen LogP contribution in [0.5, 0.6) is 5.75 Å². The summed E-state index contributed by atoms with van der Waals surface area (Å²) in [7, 11) is 1.83. The van der Waals surface area contributed by atoms with Gasteiger partial charge in [-0.2, -0.15) is 0 Å². The van der Waals surface area contributed by atoms with Gasteiger partial charge in [0.15, 0.2) is 0 Å². The smallest absolute Gasteiger partial charge is 0.228 e. The normalized spacial score (nSPS) is 11.2. The first-order chi connectivity index (χ1) is 9.40. The molecule has 4 heteroatoms. The van der Waals surface area contributed by atoms with Crippen LogP contribution in [0.2, 0.25) is 0 Å². The molecule has 1 aromatic rings. The van der Waals surface area contributed by atoms with Gasteiger partial charge in [0.1, 0.15) is 12.4 Å². The molecule has 0 heterocycles. The Morgan fingerprint density at radius 1 is 1.30 bits per heavy atom. The number of aliphatic hydroxyl groups excluding tert-OH is 1. The molecule has 0 spiro atoms. The van der Waals surface area contributed by atoms with E-state index in [0.717, 1.165) is 17.7 Å². The highest BCUT2D eigenvalue weighted by atomic mass is 16.5. The Morgan fingerprint density at radius 3 is 2.40 bits per heavy atom. The molecule has 4 nitrogen and oxygen atoms in total. The number of carbonyl (C=O) groups is 1. The van der Waals surface area contributed by atoms with Gasteiger partial charge in [-0.05, 0) is 24.1 Å². The summed E-state index contributed by atoms with van der Waals surface area (Å²) in [6.45, 7) is 6.85. The third-order valence-corrected chi connectivity index (χ3v) is 3.51. The zero-order valence-corrected chi connectivity index (χ0v) is 12.8. The summed E-state index contributed by atoms with van der Waals surface area (Å²) in [6.07, 6.45) is 0.824. The Bertz CT molecular complexity index is 426. The molecule has 0 fully saturated rings. The van der Waals surface area contributed by atoms with Crippen molar-refractivity contribution >= 4 is 5.91 Å². The largest absolute Gasteiger partial charge is 0.491 e. The van der Waals surface area contributed by atoms with Crippen molar-refractivity contribution in [2.45, 2.75) is 33.7 Å². The van der Waals surface area contributed by atoms with Gasteiger partial charge in [0.25, 0.3) is 0 Å². The quantitative estimate of drug-likeness (QED) is 0.834. The molecule has 0 aliphatic carbocycles. The third-order valence-electron chi connectivity index (χ3n) is 3.51. The number of hydrogen-bond acceptors (Lipinski definition) is 3. The maximum Gasteiger partial charge on any atom is 0.228 e. The molecule has 0 aromatic heterocycles. The zero-order chi connectivity index (χ0) is 15.2. The number of nitrogens with zero attached hydrogens (tertiary/aromatic N) is 1.